The largest absolute Gasteiger partial charge is 0.316 e. The smallest absolute Gasteiger partial charge is 0.00719 e. The second kappa shape index (κ2) is 10.1. The molecule has 0 aliphatic carbocycles. The van der Waals surface area contributed by atoms with E-state index >= 15 is 0 Å². The number of nitrogens with zero attached hydrogens (tertiary/aromatic N) is 1. The Morgan fingerprint density at radius 1 is 1.33 bits per heavy atom. The first-order valence-corrected chi connectivity index (χ1v) is 8.78. The molecule has 0 saturated carbocycles. The van der Waals surface area contributed by atoms with E-state index < -0.39 is 0 Å². The molecule has 18 heavy (non-hydrogen) atoms. The highest BCUT2D eigenvalue weighted by Gasteiger charge is 2.25. The van der Waals surface area contributed by atoms with Crippen molar-refractivity contribution in [1.29, 1.82) is 0 Å². The Hall–Kier alpha value is 0.270. The summed E-state index contributed by atoms with van der Waals surface area (Å²) in [6.45, 7) is 12.8. The molecule has 0 aliphatic heterocycles. The quantitative estimate of drug-likeness (QED) is 0.581. The zero-order valence-electron chi connectivity index (χ0n) is 13.4. The molecule has 2 atom stereocenters. The fourth-order valence-corrected chi connectivity index (χ4v) is 2.70. The van der Waals surface area contributed by atoms with Gasteiger partial charge >= 0.3 is 0 Å². The van der Waals surface area contributed by atoms with E-state index in [9.17, 15) is 0 Å². The molecule has 0 amide bonds. The third-order valence-electron chi connectivity index (χ3n) is 3.96. The van der Waals surface area contributed by atoms with Gasteiger partial charge in [-0.3, -0.25) is 0 Å². The third kappa shape index (κ3) is 7.65. The molecule has 2 nitrogen and oxygen atoms in total. The summed E-state index contributed by atoms with van der Waals surface area (Å²) in [6, 6.07) is 0.689. The van der Waals surface area contributed by atoms with Crippen LogP contribution in [0.15, 0.2) is 0 Å². The Labute approximate surface area is 119 Å². The van der Waals surface area contributed by atoms with Crippen molar-refractivity contribution >= 4 is 11.8 Å². The van der Waals surface area contributed by atoms with E-state index in [1.54, 1.807) is 0 Å². The van der Waals surface area contributed by atoms with Crippen molar-refractivity contribution in [2.24, 2.45) is 5.41 Å². The lowest BCUT2D eigenvalue weighted by molar-refractivity contribution is 0.145. The molecule has 0 aromatic rings. The molecule has 0 heterocycles. The average molecular weight is 275 g/mol. The van der Waals surface area contributed by atoms with Gasteiger partial charge in [0.15, 0.2) is 0 Å². The standard InChI is InChI=1S/C15H34N2S/c1-7-10-16-12-15(4,8-2)13-17(5)14(3)9-11-18-6/h14,16H,7-13H2,1-6H3. The number of rotatable bonds is 11. The van der Waals surface area contributed by atoms with Gasteiger partial charge in [-0.25, -0.2) is 0 Å². The predicted octanol–water partition coefficient (Wildman–Crippen LogP) is 3.48. The molecule has 0 bridgehead atoms. The molecular weight excluding hydrogens is 240 g/mol. The van der Waals surface area contributed by atoms with E-state index in [1.165, 1.54) is 31.6 Å². The highest BCUT2D eigenvalue weighted by atomic mass is 32.2. The summed E-state index contributed by atoms with van der Waals surface area (Å²) < 4.78 is 0. The Morgan fingerprint density at radius 3 is 2.50 bits per heavy atom. The van der Waals surface area contributed by atoms with Gasteiger partial charge in [0, 0.05) is 19.1 Å². The van der Waals surface area contributed by atoms with E-state index in [0.717, 1.165) is 13.1 Å². The molecule has 1 N–H and O–H groups in total. The SMILES string of the molecule is CCCNCC(C)(CC)CN(C)C(C)CCSC. The summed E-state index contributed by atoms with van der Waals surface area (Å²) in [7, 11) is 2.28. The van der Waals surface area contributed by atoms with E-state index in [0.29, 0.717) is 11.5 Å². The van der Waals surface area contributed by atoms with Gasteiger partial charge in [0.05, 0.1) is 0 Å². The summed E-state index contributed by atoms with van der Waals surface area (Å²) in [4.78, 5) is 2.54. The molecule has 0 spiro atoms. The maximum Gasteiger partial charge on any atom is 0.00719 e. The van der Waals surface area contributed by atoms with Crippen molar-refractivity contribution in [2.45, 2.75) is 53.0 Å². The highest BCUT2D eigenvalue weighted by Crippen LogP contribution is 2.22. The van der Waals surface area contributed by atoms with Crippen molar-refractivity contribution in [3.63, 3.8) is 0 Å². The van der Waals surface area contributed by atoms with Gasteiger partial charge in [0.25, 0.3) is 0 Å². The Bertz CT molecular complexity index is 199. The monoisotopic (exact) mass is 274 g/mol. The average Bonchev–Trinajstić information content (AvgIpc) is 2.36. The summed E-state index contributed by atoms with van der Waals surface area (Å²) in [5, 5.41) is 3.58. The van der Waals surface area contributed by atoms with Gasteiger partial charge < -0.3 is 10.2 Å². The van der Waals surface area contributed by atoms with E-state index in [2.05, 4.69) is 51.2 Å². The minimum Gasteiger partial charge on any atom is -0.316 e. The van der Waals surface area contributed by atoms with Crippen LogP contribution in [0, 0.1) is 5.41 Å². The lowest BCUT2D eigenvalue weighted by atomic mass is 9.86. The molecular formula is C15H34N2S. The van der Waals surface area contributed by atoms with Crippen molar-refractivity contribution in [3.8, 4) is 0 Å². The number of hydrogen-bond acceptors (Lipinski definition) is 3. The Morgan fingerprint density at radius 2 is 2.00 bits per heavy atom. The zero-order valence-corrected chi connectivity index (χ0v) is 14.2. The lowest BCUT2D eigenvalue weighted by Gasteiger charge is -2.36. The molecule has 0 aromatic carbocycles. The van der Waals surface area contributed by atoms with Gasteiger partial charge in [-0.05, 0) is 57.2 Å². The summed E-state index contributed by atoms with van der Waals surface area (Å²) in [6.07, 6.45) is 5.94. The van der Waals surface area contributed by atoms with Gasteiger partial charge in [-0.15, -0.1) is 0 Å². The van der Waals surface area contributed by atoms with Crippen LogP contribution < -0.4 is 5.32 Å². The molecule has 3 heteroatoms. The molecule has 0 aromatic heterocycles. The first-order chi connectivity index (χ1) is 8.49. The molecule has 0 rings (SSSR count). The Kier molecular flexibility index (Phi) is 10.3. The zero-order chi connectivity index (χ0) is 14.0. The number of hydrogen-bond donors (Lipinski definition) is 1. The van der Waals surface area contributed by atoms with Gasteiger partial charge in [0.1, 0.15) is 0 Å². The van der Waals surface area contributed by atoms with Crippen LogP contribution in [0.25, 0.3) is 0 Å². The van der Waals surface area contributed by atoms with Crippen LogP contribution in [0.5, 0.6) is 0 Å². The normalized spacial score (nSPS) is 16.8. The van der Waals surface area contributed by atoms with Crippen molar-refractivity contribution in [1.82, 2.24) is 10.2 Å². The topological polar surface area (TPSA) is 15.3 Å². The highest BCUT2D eigenvalue weighted by molar-refractivity contribution is 7.98. The number of thioether (sulfide) groups is 1. The molecule has 110 valence electrons. The molecule has 0 aliphatic rings. The van der Waals surface area contributed by atoms with E-state index in [-0.39, 0.29) is 0 Å². The van der Waals surface area contributed by atoms with Gasteiger partial charge in [-0.2, -0.15) is 11.8 Å². The van der Waals surface area contributed by atoms with Crippen molar-refractivity contribution < 1.29 is 0 Å². The maximum absolute atomic E-state index is 3.58. The minimum absolute atomic E-state index is 0.400. The third-order valence-corrected chi connectivity index (χ3v) is 4.60. The maximum atomic E-state index is 3.58. The van der Waals surface area contributed by atoms with E-state index in [1.807, 2.05) is 11.8 Å². The molecule has 0 radical (unpaired) electrons. The summed E-state index contributed by atoms with van der Waals surface area (Å²) in [5.74, 6) is 1.27. The Balaban J connectivity index is 4.14. The minimum atomic E-state index is 0.400. The fourth-order valence-electron chi connectivity index (χ4n) is 2.13. The molecule has 0 saturated heterocycles. The van der Waals surface area contributed by atoms with Gasteiger partial charge in [-0.1, -0.05) is 20.8 Å². The van der Waals surface area contributed by atoms with Crippen LogP contribution in [-0.4, -0.2) is 49.6 Å². The molecule has 0 fully saturated rings. The first-order valence-electron chi connectivity index (χ1n) is 7.39. The fraction of sp³-hybridized carbons (Fsp3) is 1.00. The van der Waals surface area contributed by atoms with Crippen LogP contribution in [0.4, 0.5) is 0 Å². The lowest BCUT2D eigenvalue weighted by Crippen LogP contribution is -2.43. The number of nitrogens with one attached hydrogen (secondary N) is 1. The summed E-state index contributed by atoms with van der Waals surface area (Å²) in [5.41, 5.74) is 0.400. The van der Waals surface area contributed by atoms with Crippen LogP contribution >= 0.6 is 11.8 Å². The second-order valence-corrected chi connectivity index (χ2v) is 6.87. The van der Waals surface area contributed by atoms with Crippen LogP contribution in [0.3, 0.4) is 0 Å². The van der Waals surface area contributed by atoms with Crippen LogP contribution in [-0.2, 0) is 0 Å². The van der Waals surface area contributed by atoms with Crippen LogP contribution in [0.2, 0.25) is 0 Å². The van der Waals surface area contributed by atoms with E-state index in [4.69, 9.17) is 0 Å². The molecule has 2 unspecified atom stereocenters. The van der Waals surface area contributed by atoms with Crippen molar-refractivity contribution in [3.05, 3.63) is 0 Å². The van der Waals surface area contributed by atoms with Crippen molar-refractivity contribution in [2.75, 3.05) is 38.7 Å². The van der Waals surface area contributed by atoms with Gasteiger partial charge in [0.2, 0.25) is 0 Å². The summed E-state index contributed by atoms with van der Waals surface area (Å²) >= 11 is 1.95. The second-order valence-electron chi connectivity index (χ2n) is 5.89. The predicted molar refractivity (Wildman–Crippen MR) is 86.6 cm³/mol. The first kappa shape index (κ1) is 18.3. The van der Waals surface area contributed by atoms with Crippen LogP contribution in [0.1, 0.15) is 47.0 Å².